The smallest absolute Gasteiger partial charge is 0.240 e. The average molecular weight is 503 g/mol. The highest BCUT2D eigenvalue weighted by Gasteiger charge is 2.49. The molecule has 12 heteroatoms. The van der Waals surface area contributed by atoms with Crippen LogP contribution in [0.2, 0.25) is 0 Å². The lowest BCUT2D eigenvalue weighted by Gasteiger charge is -2.44. The topological polar surface area (TPSA) is 120 Å². The minimum absolute atomic E-state index is 0.218. The number of nitrogens with one attached hydrogen (secondary N) is 2. The molecule has 3 rings (SSSR count). The van der Waals surface area contributed by atoms with Gasteiger partial charge < -0.3 is 35.4 Å². The third kappa shape index (κ3) is 6.70. The van der Waals surface area contributed by atoms with Crippen LogP contribution >= 0.6 is 35.5 Å². The highest BCUT2D eigenvalue weighted by molar-refractivity contribution is 7.99. The van der Waals surface area contributed by atoms with E-state index in [9.17, 15) is 24.0 Å². The van der Waals surface area contributed by atoms with E-state index in [1.165, 1.54) is 18.0 Å². The van der Waals surface area contributed by atoms with Crippen molar-refractivity contribution in [2.75, 3.05) is 25.7 Å². The number of ether oxygens (including phenoxy) is 2. The molecule has 1 amide bonds. The van der Waals surface area contributed by atoms with E-state index in [1.807, 2.05) is 6.08 Å². The molecule has 2 fully saturated rings. The number of aliphatic hydroxyl groups is 3. The summed E-state index contributed by atoms with van der Waals surface area (Å²) in [4.78, 5) is 13.0. The second kappa shape index (κ2) is 13.0. The first kappa shape index (κ1) is 27.1. The third-order valence-electron chi connectivity index (χ3n) is 5.66. The summed E-state index contributed by atoms with van der Waals surface area (Å²) in [6, 6.07) is -1.29. The van der Waals surface area contributed by atoms with Crippen LogP contribution in [0.1, 0.15) is 13.3 Å². The van der Waals surface area contributed by atoms with E-state index in [0.717, 1.165) is 6.42 Å². The van der Waals surface area contributed by atoms with E-state index in [2.05, 4.69) is 16.7 Å². The number of halogens is 2. The zero-order chi connectivity index (χ0) is 23.1. The van der Waals surface area contributed by atoms with Crippen LogP contribution in [0.15, 0.2) is 12.2 Å². The lowest BCUT2D eigenvalue weighted by molar-refractivity contribution is -0.205. The molecule has 5 N–H and O–H groups in total. The first-order valence-electron chi connectivity index (χ1n) is 10.1. The molecule has 180 valence electrons. The summed E-state index contributed by atoms with van der Waals surface area (Å²) in [6.07, 6.45) is 2.77. The summed E-state index contributed by atoms with van der Waals surface area (Å²) in [7, 11) is 0. The number of carbonyl (C=O) groups excluding carboxylic acids is 1. The quantitative estimate of drug-likeness (QED) is 0.269. The lowest BCUT2D eigenvalue weighted by Crippen LogP contribution is -2.65. The van der Waals surface area contributed by atoms with Gasteiger partial charge in [-0.1, -0.05) is 12.2 Å². The molecule has 0 aromatic rings. The Bertz CT molecular complexity index is 606. The molecule has 2 saturated heterocycles. The van der Waals surface area contributed by atoms with E-state index in [0.29, 0.717) is 13.2 Å². The molecule has 3 heterocycles. The molecular weight excluding hydrogens is 471 g/mol. The van der Waals surface area contributed by atoms with Crippen LogP contribution in [0.25, 0.3) is 0 Å². The Morgan fingerprint density at radius 1 is 1.26 bits per heavy atom. The number of thioether (sulfide) groups is 1. The average Bonchev–Trinajstić information content (AvgIpc) is 3.00. The molecule has 0 aromatic carbocycles. The zero-order valence-electron chi connectivity index (χ0n) is 17.7. The molecule has 0 aromatic heterocycles. The predicted octanol–water partition coefficient (Wildman–Crippen LogP) is 0.436. The molecule has 0 spiro atoms. The van der Waals surface area contributed by atoms with Crippen molar-refractivity contribution in [3.05, 3.63) is 12.2 Å². The Morgan fingerprint density at radius 2 is 1.94 bits per heavy atom. The maximum atomic E-state index is 13.0. The summed E-state index contributed by atoms with van der Waals surface area (Å²) in [5.74, 6) is -0.0697. The number of aliphatic hydroxyl groups excluding tert-OH is 3. The summed E-state index contributed by atoms with van der Waals surface area (Å²) >= 11 is 7.78. The van der Waals surface area contributed by atoms with Crippen molar-refractivity contribution in [3.8, 4) is 0 Å². The zero-order valence-corrected chi connectivity index (χ0v) is 20.1. The predicted molar refractivity (Wildman–Crippen MR) is 121 cm³/mol. The molecule has 0 saturated carbocycles. The van der Waals surface area contributed by atoms with Gasteiger partial charge in [0, 0.05) is 30.9 Å². The fourth-order valence-electron chi connectivity index (χ4n) is 4.06. The van der Waals surface area contributed by atoms with Crippen LogP contribution in [0.5, 0.6) is 0 Å². The van der Waals surface area contributed by atoms with E-state index >= 15 is 0 Å². The first-order chi connectivity index (χ1) is 14.8. The largest absolute Gasteiger partial charge is 0.388 e. The third-order valence-corrected chi connectivity index (χ3v) is 6.79. The van der Waals surface area contributed by atoms with Crippen molar-refractivity contribution in [3.63, 3.8) is 0 Å². The van der Waals surface area contributed by atoms with Crippen LogP contribution in [0.4, 0.5) is 3.89 Å². The van der Waals surface area contributed by atoms with Gasteiger partial charge >= 0.3 is 0 Å². The summed E-state index contributed by atoms with van der Waals surface area (Å²) < 4.78 is 21.8. The van der Waals surface area contributed by atoms with Crippen molar-refractivity contribution >= 4 is 41.4 Å². The highest BCUT2D eigenvalue weighted by Crippen LogP contribution is 2.31. The number of rotatable bonds is 5. The molecule has 0 radical (unpaired) electrons. The molecule has 8 nitrogen and oxygen atoms in total. The van der Waals surface area contributed by atoms with Crippen molar-refractivity contribution in [1.82, 2.24) is 10.6 Å². The number of fused-ring (bicyclic) bond motifs is 1. The molecule has 0 bridgehead atoms. The summed E-state index contributed by atoms with van der Waals surface area (Å²) in [6.45, 7) is 2.83. The lowest BCUT2D eigenvalue weighted by atomic mass is 9.92. The number of hydrogen-bond donors (Lipinski definition) is 5. The van der Waals surface area contributed by atoms with Gasteiger partial charge in [0.25, 0.3) is 0 Å². The van der Waals surface area contributed by atoms with Gasteiger partial charge in [0.2, 0.25) is 5.91 Å². The second-order valence-corrected chi connectivity index (χ2v) is 9.63. The van der Waals surface area contributed by atoms with E-state index < -0.39 is 47.3 Å². The highest BCUT2D eigenvalue weighted by atomic mass is 35.5. The van der Waals surface area contributed by atoms with Crippen LogP contribution in [0, 0.1) is 5.92 Å². The van der Waals surface area contributed by atoms with Crippen LogP contribution < -0.4 is 10.6 Å². The maximum absolute atomic E-state index is 13.0. The monoisotopic (exact) mass is 502 g/mol. The van der Waals surface area contributed by atoms with Crippen molar-refractivity contribution < 1.29 is 33.5 Å². The molecule has 0 aliphatic carbocycles. The second-order valence-electron chi connectivity index (χ2n) is 7.69. The van der Waals surface area contributed by atoms with Gasteiger partial charge in [-0.05, 0) is 19.6 Å². The minimum atomic E-state index is -1.39. The first-order valence-corrected chi connectivity index (χ1v) is 12.9. The van der Waals surface area contributed by atoms with Gasteiger partial charge in [-0.2, -0.15) is 3.89 Å². The maximum Gasteiger partial charge on any atom is 0.240 e. The van der Waals surface area contributed by atoms with E-state index in [-0.39, 0.29) is 30.1 Å². The van der Waals surface area contributed by atoms with Gasteiger partial charge in [-0.3, -0.25) is 4.79 Å². The number of amides is 1. The standard InChI is InChI=1S/C18H29ClN2O6S.CH3FS/c1-8(19)10(16-13(23)12(22)14(24)18(27-16)28-2)21-17(25)11-15-9(7-20-11)5-3-4-6-26-15;1-3-2/h3-4,8-16,18,20,22-24H,5-7H2,1-2H3,(H,21,25);1H3/t8-,9-,10+,11-,12+,13?,14+,15-,16+,18?;/m0./s1. The van der Waals surface area contributed by atoms with Crippen LogP contribution in [-0.4, -0.2) is 100 Å². The van der Waals surface area contributed by atoms with Crippen LogP contribution in [-0.2, 0) is 14.3 Å². The molecule has 31 heavy (non-hydrogen) atoms. The van der Waals surface area contributed by atoms with Crippen molar-refractivity contribution in [2.45, 2.75) is 66.8 Å². The number of carbonyl (C=O) groups is 1. The fraction of sp³-hybridized carbons (Fsp3) is 0.842. The molecular formula is C19H32ClFN2O6S2. The van der Waals surface area contributed by atoms with Gasteiger partial charge in [0.05, 0.1) is 24.1 Å². The summed E-state index contributed by atoms with van der Waals surface area (Å²) in [5, 5.41) is 36.2. The number of hydrogen-bond acceptors (Lipinski definition) is 9. The number of alkyl halides is 1. The SMILES string of the molecule is CSC1O[C@H]([C@H](NC(=O)[C@H]2NC[C@@H]3CC=CCO[C@@H]32)[C@H](C)Cl)C(O)[C@@H](O)[C@H]1O.CSF. The van der Waals surface area contributed by atoms with Gasteiger partial charge in [-0.25, -0.2) is 0 Å². The Hall–Kier alpha value is -0.110. The summed E-state index contributed by atoms with van der Waals surface area (Å²) in [5.41, 5.74) is -0.733. The van der Waals surface area contributed by atoms with Gasteiger partial charge in [-0.15, -0.1) is 23.4 Å². The molecule has 2 unspecified atom stereocenters. The molecule has 10 atom stereocenters. The fourth-order valence-corrected chi connectivity index (χ4v) is 4.94. The number of allylic oxidation sites excluding steroid dienone is 1. The van der Waals surface area contributed by atoms with Crippen molar-refractivity contribution in [1.29, 1.82) is 0 Å². The van der Waals surface area contributed by atoms with E-state index in [1.54, 1.807) is 13.2 Å². The minimum Gasteiger partial charge on any atom is -0.388 e. The van der Waals surface area contributed by atoms with Gasteiger partial charge in [0.1, 0.15) is 35.9 Å². The Balaban J connectivity index is 0.00000107. The Kier molecular flexibility index (Phi) is 11.3. The Morgan fingerprint density at radius 3 is 2.55 bits per heavy atom. The normalized spacial score (nSPS) is 39.5. The Labute approximate surface area is 195 Å². The molecule has 3 aliphatic heterocycles. The molecule has 3 aliphatic rings. The van der Waals surface area contributed by atoms with E-state index in [4.69, 9.17) is 21.1 Å². The van der Waals surface area contributed by atoms with Gasteiger partial charge in [0.15, 0.2) is 0 Å². The van der Waals surface area contributed by atoms with Crippen LogP contribution in [0.3, 0.4) is 0 Å². The van der Waals surface area contributed by atoms with Crippen molar-refractivity contribution in [2.24, 2.45) is 5.92 Å².